The first-order valence-corrected chi connectivity index (χ1v) is 14.3. The fourth-order valence-corrected chi connectivity index (χ4v) is 5.51. The van der Waals surface area contributed by atoms with E-state index < -0.39 is 0 Å². The van der Waals surface area contributed by atoms with Gasteiger partial charge < -0.3 is 10.6 Å². The molecule has 0 heterocycles. The zero-order chi connectivity index (χ0) is 28.1. The third kappa shape index (κ3) is 5.39. The molecule has 0 aliphatic heterocycles. The van der Waals surface area contributed by atoms with Crippen LogP contribution < -0.4 is 10.6 Å². The SMILES string of the molecule is c1ccc2cc(Nc3cccc4ccccc34)ccc2c1.c1ccc2cc(Nc3cccc4ccccc34)ccc2c1. The first-order valence-electron chi connectivity index (χ1n) is 14.3. The second-order valence-electron chi connectivity index (χ2n) is 10.4. The van der Waals surface area contributed by atoms with E-state index in [4.69, 9.17) is 0 Å². The van der Waals surface area contributed by atoms with Crippen LogP contribution in [0.4, 0.5) is 22.7 Å². The number of hydrogen-bond donors (Lipinski definition) is 2. The van der Waals surface area contributed by atoms with Crippen molar-refractivity contribution in [2.75, 3.05) is 10.6 Å². The van der Waals surface area contributed by atoms with E-state index in [1.165, 1.54) is 43.1 Å². The molecule has 0 spiro atoms. The lowest BCUT2D eigenvalue weighted by atomic mass is 10.1. The lowest BCUT2D eigenvalue weighted by molar-refractivity contribution is 1.60. The van der Waals surface area contributed by atoms with E-state index in [9.17, 15) is 0 Å². The summed E-state index contributed by atoms with van der Waals surface area (Å²) in [6, 6.07) is 59.4. The molecular formula is C40H30N2. The Morgan fingerprint density at radius 3 is 1.07 bits per heavy atom. The van der Waals surface area contributed by atoms with Gasteiger partial charge in [-0.1, -0.05) is 133 Å². The Bertz CT molecular complexity index is 2000. The standard InChI is InChI=1S/2C20H15N/c2*1-2-8-17-14-18(13-12-15(17)6-1)21-20-11-5-9-16-7-3-4-10-19(16)20/h2*1-14,21H. The molecule has 8 rings (SSSR count). The van der Waals surface area contributed by atoms with Gasteiger partial charge in [-0.3, -0.25) is 0 Å². The van der Waals surface area contributed by atoms with Gasteiger partial charge in [-0.25, -0.2) is 0 Å². The van der Waals surface area contributed by atoms with Gasteiger partial charge >= 0.3 is 0 Å². The predicted molar refractivity (Wildman–Crippen MR) is 182 cm³/mol. The highest BCUT2D eigenvalue weighted by atomic mass is 14.9. The van der Waals surface area contributed by atoms with E-state index in [-0.39, 0.29) is 0 Å². The molecule has 0 radical (unpaired) electrons. The Balaban J connectivity index is 0.000000137. The van der Waals surface area contributed by atoms with Crippen LogP contribution >= 0.6 is 0 Å². The Kier molecular flexibility index (Phi) is 6.94. The molecule has 8 aromatic carbocycles. The van der Waals surface area contributed by atoms with Crippen LogP contribution in [0.2, 0.25) is 0 Å². The molecule has 2 nitrogen and oxygen atoms in total. The summed E-state index contributed by atoms with van der Waals surface area (Å²) in [6.07, 6.45) is 0. The Morgan fingerprint density at radius 1 is 0.262 bits per heavy atom. The van der Waals surface area contributed by atoms with Gasteiger partial charge in [0.1, 0.15) is 0 Å². The van der Waals surface area contributed by atoms with Crippen molar-refractivity contribution in [2.24, 2.45) is 0 Å². The van der Waals surface area contributed by atoms with Gasteiger partial charge in [0.15, 0.2) is 0 Å². The zero-order valence-corrected chi connectivity index (χ0v) is 23.2. The molecule has 2 heteroatoms. The summed E-state index contributed by atoms with van der Waals surface area (Å²) in [4.78, 5) is 0. The van der Waals surface area contributed by atoms with Gasteiger partial charge in [0.2, 0.25) is 0 Å². The fraction of sp³-hybridized carbons (Fsp3) is 0. The van der Waals surface area contributed by atoms with Crippen molar-refractivity contribution in [1.29, 1.82) is 0 Å². The summed E-state index contributed by atoms with van der Waals surface area (Å²) in [7, 11) is 0. The van der Waals surface area contributed by atoms with Crippen LogP contribution in [0, 0.1) is 0 Å². The van der Waals surface area contributed by atoms with Gasteiger partial charge in [0, 0.05) is 33.5 Å². The Morgan fingerprint density at radius 2 is 0.619 bits per heavy atom. The molecule has 0 fully saturated rings. The van der Waals surface area contributed by atoms with Crippen molar-refractivity contribution in [2.45, 2.75) is 0 Å². The van der Waals surface area contributed by atoms with E-state index in [0.717, 1.165) is 22.7 Å². The van der Waals surface area contributed by atoms with Gasteiger partial charge in [0.05, 0.1) is 0 Å². The second kappa shape index (κ2) is 11.5. The normalized spacial score (nSPS) is 10.9. The van der Waals surface area contributed by atoms with E-state index in [1.807, 2.05) is 0 Å². The van der Waals surface area contributed by atoms with Crippen molar-refractivity contribution in [1.82, 2.24) is 0 Å². The highest BCUT2D eigenvalue weighted by molar-refractivity contribution is 5.97. The van der Waals surface area contributed by atoms with Crippen LogP contribution in [-0.2, 0) is 0 Å². The lowest BCUT2D eigenvalue weighted by Crippen LogP contribution is -1.91. The van der Waals surface area contributed by atoms with Crippen LogP contribution in [0.5, 0.6) is 0 Å². The lowest BCUT2D eigenvalue weighted by Gasteiger charge is -2.10. The highest BCUT2D eigenvalue weighted by Gasteiger charge is 2.03. The molecule has 0 unspecified atom stereocenters. The summed E-state index contributed by atoms with van der Waals surface area (Å²) in [5.41, 5.74) is 4.52. The fourth-order valence-electron chi connectivity index (χ4n) is 5.51. The van der Waals surface area contributed by atoms with Crippen LogP contribution in [0.15, 0.2) is 170 Å². The minimum atomic E-state index is 1.12. The molecule has 0 bridgehead atoms. The third-order valence-electron chi connectivity index (χ3n) is 7.64. The molecule has 0 saturated carbocycles. The number of hydrogen-bond acceptors (Lipinski definition) is 2. The molecule has 0 amide bonds. The largest absolute Gasteiger partial charge is 0.355 e. The number of rotatable bonds is 4. The first kappa shape index (κ1) is 25.4. The minimum absolute atomic E-state index is 1.12. The van der Waals surface area contributed by atoms with Crippen molar-refractivity contribution in [3.8, 4) is 0 Å². The molecule has 2 N–H and O–H groups in total. The van der Waals surface area contributed by atoms with Crippen LogP contribution in [0.25, 0.3) is 43.1 Å². The molecule has 0 atom stereocenters. The average molecular weight is 539 g/mol. The smallest absolute Gasteiger partial charge is 0.0463 e. The quantitative estimate of drug-likeness (QED) is 0.233. The molecule has 0 saturated heterocycles. The topological polar surface area (TPSA) is 24.1 Å². The second-order valence-corrected chi connectivity index (χ2v) is 10.4. The Hall–Kier alpha value is -5.60. The third-order valence-corrected chi connectivity index (χ3v) is 7.64. The first-order chi connectivity index (χ1) is 20.8. The maximum atomic E-state index is 3.54. The van der Waals surface area contributed by atoms with Crippen molar-refractivity contribution < 1.29 is 0 Å². The van der Waals surface area contributed by atoms with E-state index >= 15 is 0 Å². The summed E-state index contributed by atoms with van der Waals surface area (Å²) in [5.74, 6) is 0. The number of fused-ring (bicyclic) bond motifs is 4. The molecule has 200 valence electrons. The zero-order valence-electron chi connectivity index (χ0n) is 23.2. The molecule has 8 aromatic rings. The summed E-state index contributed by atoms with van der Waals surface area (Å²) >= 11 is 0. The number of benzene rings is 8. The van der Waals surface area contributed by atoms with Crippen molar-refractivity contribution in [3.63, 3.8) is 0 Å². The molecule has 0 aromatic heterocycles. The van der Waals surface area contributed by atoms with Gasteiger partial charge in [0.25, 0.3) is 0 Å². The Labute approximate surface area is 245 Å². The molecule has 0 aliphatic carbocycles. The molecule has 42 heavy (non-hydrogen) atoms. The molecular weight excluding hydrogens is 508 g/mol. The van der Waals surface area contributed by atoms with Gasteiger partial charge in [-0.05, 0) is 68.7 Å². The number of nitrogens with one attached hydrogen (secondary N) is 2. The monoisotopic (exact) mass is 538 g/mol. The average Bonchev–Trinajstić information content (AvgIpc) is 3.05. The molecule has 0 aliphatic rings. The highest BCUT2D eigenvalue weighted by Crippen LogP contribution is 2.29. The minimum Gasteiger partial charge on any atom is -0.355 e. The van der Waals surface area contributed by atoms with Crippen molar-refractivity contribution >= 4 is 65.8 Å². The van der Waals surface area contributed by atoms with Crippen LogP contribution in [0.3, 0.4) is 0 Å². The maximum absolute atomic E-state index is 3.54. The maximum Gasteiger partial charge on any atom is 0.0463 e. The summed E-state index contributed by atoms with van der Waals surface area (Å²) < 4.78 is 0. The van der Waals surface area contributed by atoms with E-state index in [0.29, 0.717) is 0 Å². The van der Waals surface area contributed by atoms with Crippen molar-refractivity contribution in [3.05, 3.63) is 170 Å². The summed E-state index contributed by atoms with van der Waals surface area (Å²) in [6.45, 7) is 0. The summed E-state index contributed by atoms with van der Waals surface area (Å²) in [5, 5.41) is 17.1. The van der Waals surface area contributed by atoms with E-state index in [1.54, 1.807) is 0 Å². The van der Waals surface area contributed by atoms with Gasteiger partial charge in [-0.15, -0.1) is 0 Å². The van der Waals surface area contributed by atoms with Crippen LogP contribution in [-0.4, -0.2) is 0 Å². The predicted octanol–water partition coefficient (Wildman–Crippen LogP) is 11.5. The number of anilines is 4. The van der Waals surface area contributed by atoms with E-state index in [2.05, 4.69) is 180 Å². The van der Waals surface area contributed by atoms with Crippen LogP contribution in [0.1, 0.15) is 0 Å². The van der Waals surface area contributed by atoms with Gasteiger partial charge in [-0.2, -0.15) is 0 Å².